The molecule has 154 valence electrons. The predicted octanol–water partition coefficient (Wildman–Crippen LogP) is 7.04. The van der Waals surface area contributed by atoms with Crippen molar-refractivity contribution in [2.75, 3.05) is 0 Å². The lowest BCUT2D eigenvalue weighted by Gasteiger charge is -2.24. The Morgan fingerprint density at radius 2 is 1.09 bits per heavy atom. The lowest BCUT2D eigenvalue weighted by molar-refractivity contribution is 0.145. The third-order valence-corrected chi connectivity index (χ3v) is 6.08. The van der Waals surface area contributed by atoms with E-state index < -0.39 is 5.60 Å². The Bertz CT molecular complexity index is 1400. The van der Waals surface area contributed by atoms with Crippen LogP contribution in [0.5, 0.6) is 0 Å². The van der Waals surface area contributed by atoms with E-state index in [1.54, 1.807) is 0 Å². The first-order valence-corrected chi connectivity index (χ1v) is 10.9. The van der Waals surface area contributed by atoms with Crippen molar-refractivity contribution in [2.45, 2.75) is 18.4 Å². The van der Waals surface area contributed by atoms with Gasteiger partial charge in [-0.1, -0.05) is 109 Å². The molecule has 0 aliphatic carbocycles. The van der Waals surface area contributed by atoms with E-state index in [4.69, 9.17) is 0 Å². The number of benzene rings is 5. The SMILES string of the molecule is CC(C#CC(O)(c1ccccc1)c1ccccc1)c1ccc2cc3ccccc3cc2c1. The topological polar surface area (TPSA) is 20.2 Å². The average molecular weight is 413 g/mol. The van der Waals surface area contributed by atoms with E-state index in [1.165, 1.54) is 21.5 Å². The third kappa shape index (κ3) is 3.78. The minimum atomic E-state index is -1.36. The van der Waals surface area contributed by atoms with Gasteiger partial charge in [-0.25, -0.2) is 0 Å². The van der Waals surface area contributed by atoms with Crippen LogP contribution in [0.4, 0.5) is 0 Å². The third-order valence-electron chi connectivity index (χ3n) is 6.08. The van der Waals surface area contributed by atoms with Crippen LogP contribution < -0.4 is 0 Å². The van der Waals surface area contributed by atoms with Gasteiger partial charge in [0, 0.05) is 17.0 Å². The van der Waals surface area contributed by atoms with E-state index in [0.29, 0.717) is 0 Å². The first-order chi connectivity index (χ1) is 15.6. The second kappa shape index (κ2) is 8.35. The highest BCUT2D eigenvalue weighted by Crippen LogP contribution is 2.30. The molecule has 5 rings (SSSR count). The smallest absolute Gasteiger partial charge is 0.176 e. The van der Waals surface area contributed by atoms with Crippen molar-refractivity contribution < 1.29 is 5.11 Å². The van der Waals surface area contributed by atoms with Crippen LogP contribution in [0.2, 0.25) is 0 Å². The molecule has 0 aliphatic heterocycles. The zero-order chi connectivity index (χ0) is 22.0. The molecule has 0 amide bonds. The van der Waals surface area contributed by atoms with Crippen molar-refractivity contribution in [3.8, 4) is 11.8 Å². The number of hydrogen-bond acceptors (Lipinski definition) is 1. The maximum absolute atomic E-state index is 11.7. The lowest BCUT2D eigenvalue weighted by atomic mass is 9.86. The van der Waals surface area contributed by atoms with Crippen LogP contribution in [0.25, 0.3) is 21.5 Å². The van der Waals surface area contributed by atoms with E-state index in [2.05, 4.69) is 73.4 Å². The summed E-state index contributed by atoms with van der Waals surface area (Å²) in [6, 6.07) is 38.7. The fraction of sp³-hybridized carbons (Fsp3) is 0.0968. The molecular weight excluding hydrogens is 388 g/mol. The van der Waals surface area contributed by atoms with Crippen LogP contribution in [0.1, 0.15) is 29.5 Å². The van der Waals surface area contributed by atoms with Gasteiger partial charge >= 0.3 is 0 Å². The maximum atomic E-state index is 11.7. The minimum absolute atomic E-state index is 0.0233. The number of rotatable bonds is 3. The molecule has 0 bridgehead atoms. The Hall–Kier alpha value is -3.86. The molecule has 0 saturated carbocycles. The van der Waals surface area contributed by atoms with Crippen molar-refractivity contribution in [2.24, 2.45) is 0 Å². The van der Waals surface area contributed by atoms with Crippen molar-refractivity contribution in [1.82, 2.24) is 0 Å². The Morgan fingerprint density at radius 1 is 0.594 bits per heavy atom. The highest BCUT2D eigenvalue weighted by atomic mass is 16.3. The zero-order valence-corrected chi connectivity index (χ0v) is 18.0. The van der Waals surface area contributed by atoms with Gasteiger partial charge in [0.1, 0.15) is 0 Å². The molecule has 0 aromatic heterocycles. The predicted molar refractivity (Wildman–Crippen MR) is 134 cm³/mol. The minimum Gasteiger partial charge on any atom is -0.369 e. The van der Waals surface area contributed by atoms with E-state index in [9.17, 15) is 5.11 Å². The van der Waals surface area contributed by atoms with Gasteiger partial charge in [-0.3, -0.25) is 0 Å². The quantitative estimate of drug-likeness (QED) is 0.249. The van der Waals surface area contributed by atoms with Crippen molar-refractivity contribution in [3.05, 3.63) is 132 Å². The van der Waals surface area contributed by atoms with Gasteiger partial charge in [0.2, 0.25) is 0 Å². The molecule has 1 N–H and O–H groups in total. The lowest BCUT2D eigenvalue weighted by Crippen LogP contribution is -2.25. The highest BCUT2D eigenvalue weighted by Gasteiger charge is 2.29. The maximum Gasteiger partial charge on any atom is 0.176 e. The molecule has 0 aliphatic rings. The Balaban J connectivity index is 1.54. The Labute approximate surface area is 189 Å². The summed E-state index contributed by atoms with van der Waals surface area (Å²) in [6.45, 7) is 2.09. The van der Waals surface area contributed by atoms with E-state index in [-0.39, 0.29) is 5.92 Å². The van der Waals surface area contributed by atoms with Gasteiger partial charge in [-0.2, -0.15) is 0 Å². The standard InChI is InChI=1S/C31H24O/c1-23(24-16-17-27-21-25-10-8-9-11-26(25)22-28(27)20-24)18-19-31(32,29-12-4-2-5-13-29)30-14-6-3-7-15-30/h2-17,20-23,32H,1H3. The van der Waals surface area contributed by atoms with Crippen molar-refractivity contribution >= 4 is 21.5 Å². The molecule has 1 unspecified atom stereocenters. The van der Waals surface area contributed by atoms with Gasteiger partial charge < -0.3 is 5.11 Å². The highest BCUT2D eigenvalue weighted by molar-refractivity contribution is 5.98. The fourth-order valence-electron chi connectivity index (χ4n) is 4.19. The summed E-state index contributed by atoms with van der Waals surface area (Å²) < 4.78 is 0. The molecule has 1 nitrogen and oxygen atoms in total. The molecule has 1 heteroatoms. The molecule has 1 atom stereocenters. The normalized spacial score (nSPS) is 12.3. The largest absolute Gasteiger partial charge is 0.369 e. The van der Waals surface area contributed by atoms with E-state index >= 15 is 0 Å². The summed E-state index contributed by atoms with van der Waals surface area (Å²) in [5, 5.41) is 16.6. The molecule has 5 aromatic rings. The number of hydrogen-bond donors (Lipinski definition) is 1. The second-order valence-electron chi connectivity index (χ2n) is 8.24. The monoisotopic (exact) mass is 412 g/mol. The number of aliphatic hydroxyl groups is 1. The number of fused-ring (bicyclic) bond motifs is 2. The molecule has 5 aromatic carbocycles. The van der Waals surface area contributed by atoms with Crippen molar-refractivity contribution in [1.29, 1.82) is 0 Å². The van der Waals surface area contributed by atoms with Crippen LogP contribution in [0.15, 0.2) is 115 Å². The van der Waals surface area contributed by atoms with Gasteiger partial charge in [0.15, 0.2) is 5.60 Å². The fourth-order valence-corrected chi connectivity index (χ4v) is 4.19. The molecule has 0 heterocycles. The molecule has 0 spiro atoms. The summed E-state index contributed by atoms with van der Waals surface area (Å²) in [5.41, 5.74) is 1.33. The van der Waals surface area contributed by atoms with Gasteiger partial charge in [-0.05, 0) is 52.2 Å². The van der Waals surface area contributed by atoms with Crippen LogP contribution in [0.3, 0.4) is 0 Å². The van der Waals surface area contributed by atoms with Crippen LogP contribution in [-0.4, -0.2) is 5.11 Å². The van der Waals surface area contributed by atoms with Gasteiger partial charge in [-0.15, -0.1) is 0 Å². The summed E-state index contributed by atoms with van der Waals surface area (Å²) in [5.74, 6) is 6.53. The summed E-state index contributed by atoms with van der Waals surface area (Å²) in [7, 11) is 0. The molecule has 0 radical (unpaired) electrons. The first-order valence-electron chi connectivity index (χ1n) is 10.9. The zero-order valence-electron chi connectivity index (χ0n) is 18.0. The summed E-state index contributed by atoms with van der Waals surface area (Å²) in [4.78, 5) is 0. The van der Waals surface area contributed by atoms with Gasteiger partial charge in [0.25, 0.3) is 0 Å². The Morgan fingerprint density at radius 3 is 1.69 bits per heavy atom. The van der Waals surface area contributed by atoms with E-state index in [0.717, 1.165) is 16.7 Å². The molecule has 0 saturated heterocycles. The van der Waals surface area contributed by atoms with E-state index in [1.807, 2.05) is 60.7 Å². The first kappa shape index (κ1) is 20.1. The Kier molecular flexibility index (Phi) is 5.23. The molecule has 0 fully saturated rings. The van der Waals surface area contributed by atoms with Crippen LogP contribution in [0, 0.1) is 11.8 Å². The van der Waals surface area contributed by atoms with Crippen LogP contribution in [-0.2, 0) is 5.60 Å². The van der Waals surface area contributed by atoms with Gasteiger partial charge in [0.05, 0.1) is 0 Å². The summed E-state index contributed by atoms with van der Waals surface area (Å²) >= 11 is 0. The van der Waals surface area contributed by atoms with Crippen LogP contribution >= 0.6 is 0 Å². The summed E-state index contributed by atoms with van der Waals surface area (Å²) in [6.07, 6.45) is 0. The van der Waals surface area contributed by atoms with Crippen molar-refractivity contribution in [3.63, 3.8) is 0 Å². The average Bonchev–Trinajstić information content (AvgIpc) is 2.86. The second-order valence-corrected chi connectivity index (χ2v) is 8.24. The molecular formula is C31H24O. The molecule has 32 heavy (non-hydrogen) atoms.